The van der Waals surface area contributed by atoms with Gasteiger partial charge in [0.15, 0.2) is 0 Å². The van der Waals surface area contributed by atoms with Crippen LogP contribution in [0.15, 0.2) is 17.0 Å². The summed E-state index contributed by atoms with van der Waals surface area (Å²) in [4.78, 5) is 0.122. The molecule has 0 atom stereocenters. The molecule has 0 heterocycles. The van der Waals surface area contributed by atoms with E-state index in [-0.39, 0.29) is 21.8 Å². The Morgan fingerprint density at radius 1 is 1.10 bits per heavy atom. The van der Waals surface area contributed by atoms with Gasteiger partial charge in [-0.25, -0.2) is 8.42 Å². The van der Waals surface area contributed by atoms with E-state index in [1.807, 2.05) is 0 Å². The molecule has 0 aromatic heterocycles. The van der Waals surface area contributed by atoms with Gasteiger partial charge in [0.1, 0.15) is 4.90 Å². The van der Waals surface area contributed by atoms with Crippen molar-refractivity contribution in [3.63, 3.8) is 0 Å². The lowest BCUT2D eigenvalue weighted by molar-refractivity contribution is 0.389. The van der Waals surface area contributed by atoms with Crippen LogP contribution < -0.4 is 0 Å². The molecular formula is C14H16Cl3NO2S. The Morgan fingerprint density at radius 2 is 1.76 bits per heavy atom. The standard InChI is InChI=1S/C14H16Cl3NO2S/c15-7-10-5-14(13(17)6-12(10)16)21(19,20)18(11-3-4-11)8-9-1-2-9/h5-6,9,11H,1-4,7-8H2. The van der Waals surface area contributed by atoms with E-state index in [4.69, 9.17) is 34.8 Å². The minimum absolute atomic E-state index is 0.122. The van der Waals surface area contributed by atoms with Crippen molar-refractivity contribution in [1.29, 1.82) is 0 Å². The van der Waals surface area contributed by atoms with Crippen LogP contribution in [0, 0.1) is 5.92 Å². The van der Waals surface area contributed by atoms with E-state index in [0.29, 0.717) is 23.0 Å². The van der Waals surface area contributed by atoms with Crippen molar-refractivity contribution < 1.29 is 8.42 Å². The fourth-order valence-electron chi connectivity index (χ4n) is 2.36. The second-order valence-electron chi connectivity index (χ2n) is 5.76. The minimum atomic E-state index is -3.59. The van der Waals surface area contributed by atoms with Crippen LogP contribution in [-0.2, 0) is 15.9 Å². The van der Waals surface area contributed by atoms with E-state index < -0.39 is 10.0 Å². The summed E-state index contributed by atoms with van der Waals surface area (Å²) < 4.78 is 27.5. The van der Waals surface area contributed by atoms with Crippen LogP contribution >= 0.6 is 34.8 Å². The van der Waals surface area contributed by atoms with Gasteiger partial charge >= 0.3 is 0 Å². The van der Waals surface area contributed by atoms with Gasteiger partial charge in [-0.15, -0.1) is 11.6 Å². The van der Waals surface area contributed by atoms with Gasteiger partial charge in [-0.05, 0) is 49.3 Å². The third kappa shape index (κ3) is 3.35. The van der Waals surface area contributed by atoms with Crippen molar-refractivity contribution in [1.82, 2.24) is 4.31 Å². The van der Waals surface area contributed by atoms with Crippen LogP contribution in [0.1, 0.15) is 31.2 Å². The summed E-state index contributed by atoms with van der Waals surface area (Å²) in [6.07, 6.45) is 4.08. The van der Waals surface area contributed by atoms with Crippen molar-refractivity contribution in [2.45, 2.75) is 42.5 Å². The van der Waals surface area contributed by atoms with Crippen molar-refractivity contribution in [2.75, 3.05) is 6.54 Å². The predicted octanol–water partition coefficient (Wildman–Crippen LogP) is 4.30. The summed E-state index contributed by atoms with van der Waals surface area (Å²) in [6, 6.07) is 3.10. The molecular weight excluding hydrogens is 353 g/mol. The number of sulfonamides is 1. The molecule has 0 aliphatic heterocycles. The maximum atomic E-state index is 12.9. The van der Waals surface area contributed by atoms with Crippen LogP contribution in [0.5, 0.6) is 0 Å². The average molecular weight is 369 g/mol. The second kappa shape index (κ2) is 5.89. The number of hydrogen-bond acceptors (Lipinski definition) is 2. The first-order valence-electron chi connectivity index (χ1n) is 6.99. The lowest BCUT2D eigenvalue weighted by atomic mass is 10.2. The molecule has 0 bridgehead atoms. The summed E-state index contributed by atoms with van der Waals surface area (Å²) in [5.74, 6) is 0.656. The van der Waals surface area contributed by atoms with E-state index in [1.165, 1.54) is 12.1 Å². The number of halogens is 3. The van der Waals surface area contributed by atoms with Crippen LogP contribution in [-0.4, -0.2) is 25.3 Å². The molecule has 0 unspecified atom stereocenters. The number of benzene rings is 1. The first kappa shape index (κ1) is 15.9. The Morgan fingerprint density at radius 3 is 2.29 bits per heavy atom. The van der Waals surface area contributed by atoms with Crippen molar-refractivity contribution in [3.8, 4) is 0 Å². The average Bonchev–Trinajstić information content (AvgIpc) is 3.28. The predicted molar refractivity (Wildman–Crippen MR) is 85.7 cm³/mol. The van der Waals surface area contributed by atoms with Crippen LogP contribution in [0.3, 0.4) is 0 Å². The van der Waals surface area contributed by atoms with Gasteiger partial charge in [0.25, 0.3) is 0 Å². The fraction of sp³-hybridized carbons (Fsp3) is 0.571. The molecule has 2 aliphatic carbocycles. The summed E-state index contributed by atoms with van der Waals surface area (Å²) in [7, 11) is -3.59. The van der Waals surface area contributed by atoms with Crippen LogP contribution in [0.2, 0.25) is 10.0 Å². The Bertz CT molecular complexity index is 654. The summed E-state index contributed by atoms with van der Waals surface area (Å²) >= 11 is 18.0. The van der Waals surface area contributed by atoms with Crippen molar-refractivity contribution >= 4 is 44.8 Å². The molecule has 1 aromatic rings. The smallest absolute Gasteiger partial charge is 0.207 e. The molecule has 2 saturated carbocycles. The molecule has 3 rings (SSSR count). The third-order valence-electron chi connectivity index (χ3n) is 3.92. The molecule has 2 fully saturated rings. The summed E-state index contributed by atoms with van der Waals surface area (Å²) in [6.45, 7) is 0.599. The normalized spacial score (nSPS) is 19.2. The van der Waals surface area contributed by atoms with Gasteiger partial charge < -0.3 is 0 Å². The maximum Gasteiger partial charge on any atom is 0.244 e. The third-order valence-corrected chi connectivity index (χ3v) is 6.94. The van der Waals surface area contributed by atoms with Gasteiger partial charge in [-0.3, -0.25) is 0 Å². The highest BCUT2D eigenvalue weighted by Crippen LogP contribution is 2.40. The molecule has 1 aromatic carbocycles. The molecule has 21 heavy (non-hydrogen) atoms. The number of alkyl halides is 1. The van der Waals surface area contributed by atoms with Gasteiger partial charge in [0.05, 0.1) is 5.02 Å². The molecule has 116 valence electrons. The Kier molecular flexibility index (Phi) is 4.46. The van der Waals surface area contributed by atoms with E-state index in [1.54, 1.807) is 4.31 Å². The number of rotatable bonds is 6. The minimum Gasteiger partial charge on any atom is -0.207 e. The largest absolute Gasteiger partial charge is 0.244 e. The van der Waals surface area contributed by atoms with Gasteiger partial charge in [-0.2, -0.15) is 4.31 Å². The van der Waals surface area contributed by atoms with Crippen LogP contribution in [0.4, 0.5) is 0 Å². The molecule has 0 N–H and O–H groups in total. The first-order chi connectivity index (χ1) is 9.93. The molecule has 7 heteroatoms. The molecule has 2 aliphatic rings. The van der Waals surface area contributed by atoms with E-state index >= 15 is 0 Å². The summed E-state index contributed by atoms with van der Waals surface area (Å²) in [5.41, 5.74) is 0.587. The second-order valence-corrected chi connectivity index (χ2v) is 8.70. The lowest BCUT2D eigenvalue weighted by Gasteiger charge is -2.23. The van der Waals surface area contributed by atoms with Gasteiger partial charge in [0, 0.05) is 23.5 Å². The quantitative estimate of drug-likeness (QED) is 0.702. The molecule has 0 spiro atoms. The van der Waals surface area contributed by atoms with E-state index in [2.05, 4.69) is 0 Å². The van der Waals surface area contributed by atoms with E-state index in [9.17, 15) is 8.42 Å². The maximum absolute atomic E-state index is 12.9. The highest BCUT2D eigenvalue weighted by Gasteiger charge is 2.41. The van der Waals surface area contributed by atoms with E-state index in [0.717, 1.165) is 25.7 Å². The molecule has 0 saturated heterocycles. The van der Waals surface area contributed by atoms with Crippen molar-refractivity contribution in [2.24, 2.45) is 5.92 Å². The molecule has 0 radical (unpaired) electrons. The fourth-order valence-corrected chi connectivity index (χ4v) is 5.25. The molecule has 0 amide bonds. The Balaban J connectivity index is 1.99. The lowest BCUT2D eigenvalue weighted by Crippen LogP contribution is -2.35. The SMILES string of the molecule is O=S(=O)(c1cc(CCl)c(Cl)cc1Cl)N(CC1CC1)C1CC1. The monoisotopic (exact) mass is 367 g/mol. The zero-order chi connectivity index (χ0) is 15.2. The zero-order valence-electron chi connectivity index (χ0n) is 11.4. The topological polar surface area (TPSA) is 37.4 Å². The highest BCUT2D eigenvalue weighted by molar-refractivity contribution is 7.89. The highest BCUT2D eigenvalue weighted by atomic mass is 35.5. The van der Waals surface area contributed by atoms with Gasteiger partial charge in [0.2, 0.25) is 10.0 Å². The Hall–Kier alpha value is -0.000000000000000132. The zero-order valence-corrected chi connectivity index (χ0v) is 14.4. The van der Waals surface area contributed by atoms with Crippen molar-refractivity contribution in [3.05, 3.63) is 27.7 Å². The Labute approximate surface area is 140 Å². The molecule has 3 nitrogen and oxygen atoms in total. The number of nitrogens with zero attached hydrogens (tertiary/aromatic N) is 1. The first-order valence-corrected chi connectivity index (χ1v) is 9.72. The van der Waals surface area contributed by atoms with Crippen LogP contribution in [0.25, 0.3) is 0 Å². The summed E-state index contributed by atoms with van der Waals surface area (Å²) in [5, 5.41) is 0.560. The number of hydrogen-bond donors (Lipinski definition) is 0. The van der Waals surface area contributed by atoms with Gasteiger partial charge in [-0.1, -0.05) is 23.2 Å².